The van der Waals surface area contributed by atoms with Gasteiger partial charge in [-0.1, -0.05) is 18.2 Å². The van der Waals surface area contributed by atoms with Crippen molar-refractivity contribution in [3.8, 4) is 5.75 Å². The molecule has 1 amide bonds. The highest BCUT2D eigenvalue weighted by atomic mass is 16.5. The van der Waals surface area contributed by atoms with Crippen LogP contribution in [-0.2, 0) is 11.3 Å². The summed E-state index contributed by atoms with van der Waals surface area (Å²) in [6, 6.07) is 12.1. The lowest BCUT2D eigenvalue weighted by Crippen LogP contribution is -2.58. The predicted octanol–water partition coefficient (Wildman–Crippen LogP) is 2.35. The van der Waals surface area contributed by atoms with E-state index in [1.54, 1.807) is 7.11 Å². The molecule has 0 unspecified atom stereocenters. The molecule has 0 heterocycles. The molecular weight excluding hydrogens is 264 g/mol. The van der Waals surface area contributed by atoms with Gasteiger partial charge in [-0.3, -0.25) is 4.79 Å². The summed E-state index contributed by atoms with van der Waals surface area (Å²) in [5.41, 5.74) is 6.45. The van der Waals surface area contributed by atoms with Gasteiger partial charge < -0.3 is 15.8 Å². The van der Waals surface area contributed by atoms with Crippen molar-refractivity contribution in [1.82, 2.24) is 5.32 Å². The minimum Gasteiger partial charge on any atom is -0.497 e. The third-order valence-electron chi connectivity index (χ3n) is 4.26. The smallest absolute Gasteiger partial charge is 0.240 e. The van der Waals surface area contributed by atoms with Gasteiger partial charge in [-0.25, -0.2) is 0 Å². The molecule has 4 heteroatoms. The van der Waals surface area contributed by atoms with E-state index in [9.17, 15) is 4.79 Å². The van der Waals surface area contributed by atoms with Crippen LogP contribution in [0.15, 0.2) is 36.4 Å². The molecule has 0 radical (unpaired) electrons. The number of methoxy groups -OCH3 is 1. The van der Waals surface area contributed by atoms with Crippen LogP contribution in [0.3, 0.4) is 0 Å². The zero-order valence-corrected chi connectivity index (χ0v) is 12.2. The van der Waals surface area contributed by atoms with Gasteiger partial charge in [0.15, 0.2) is 0 Å². The average molecular weight is 284 g/mol. The summed E-state index contributed by atoms with van der Waals surface area (Å²) in [6.07, 6.45) is 2.62. The fraction of sp³-hybridized carbons (Fsp3) is 0.353. The van der Waals surface area contributed by atoms with Crippen LogP contribution >= 0.6 is 0 Å². The van der Waals surface area contributed by atoms with Crippen molar-refractivity contribution in [1.29, 1.82) is 0 Å². The maximum atomic E-state index is 12.0. The lowest BCUT2D eigenvalue weighted by Gasteiger charge is -2.36. The van der Waals surface area contributed by atoms with Gasteiger partial charge in [0.25, 0.3) is 0 Å². The molecule has 3 N–H and O–H groups in total. The molecule has 0 bridgehead atoms. The van der Waals surface area contributed by atoms with Gasteiger partial charge in [-0.05, 0) is 53.8 Å². The number of hydrogen-bond donors (Lipinski definition) is 2. The summed E-state index contributed by atoms with van der Waals surface area (Å²) in [5.74, 6) is 0.808. The second kappa shape index (κ2) is 5.37. The lowest BCUT2D eigenvalue weighted by molar-refractivity contribution is -0.129. The van der Waals surface area contributed by atoms with Crippen molar-refractivity contribution >= 4 is 16.7 Å². The number of ether oxygens (including phenoxy) is 1. The normalized spacial score (nSPS) is 16.3. The number of benzene rings is 2. The zero-order valence-electron chi connectivity index (χ0n) is 12.2. The maximum absolute atomic E-state index is 12.0. The highest BCUT2D eigenvalue weighted by molar-refractivity contribution is 5.87. The Morgan fingerprint density at radius 2 is 1.95 bits per heavy atom. The Bertz CT molecular complexity index is 678. The lowest BCUT2D eigenvalue weighted by atomic mass is 9.77. The third-order valence-corrected chi connectivity index (χ3v) is 4.26. The van der Waals surface area contributed by atoms with Crippen molar-refractivity contribution in [2.75, 3.05) is 7.11 Å². The second-order valence-corrected chi connectivity index (χ2v) is 5.74. The molecule has 1 aliphatic rings. The summed E-state index contributed by atoms with van der Waals surface area (Å²) < 4.78 is 5.22. The summed E-state index contributed by atoms with van der Waals surface area (Å²) in [5, 5.41) is 5.20. The van der Waals surface area contributed by atoms with Crippen molar-refractivity contribution in [2.45, 2.75) is 31.3 Å². The SMILES string of the molecule is COc1ccc2cc(CNC(=O)C3(N)CCC3)ccc2c1. The first kappa shape index (κ1) is 13.9. The van der Waals surface area contributed by atoms with Crippen LogP contribution in [0.2, 0.25) is 0 Å². The number of rotatable bonds is 4. The van der Waals surface area contributed by atoms with E-state index in [2.05, 4.69) is 11.4 Å². The largest absolute Gasteiger partial charge is 0.497 e. The first-order chi connectivity index (χ1) is 10.1. The molecule has 0 spiro atoms. The summed E-state index contributed by atoms with van der Waals surface area (Å²) in [7, 11) is 1.66. The standard InChI is InChI=1S/C17H20N2O2/c1-21-15-6-5-13-9-12(3-4-14(13)10-15)11-19-16(20)17(18)7-2-8-17/h3-6,9-10H,2,7-8,11,18H2,1H3,(H,19,20). The predicted molar refractivity (Wildman–Crippen MR) is 83.1 cm³/mol. The van der Waals surface area contributed by atoms with Crippen LogP contribution in [0.4, 0.5) is 0 Å². The molecule has 2 aromatic rings. The molecule has 1 aliphatic carbocycles. The van der Waals surface area contributed by atoms with Crippen LogP contribution in [0.25, 0.3) is 10.8 Å². The second-order valence-electron chi connectivity index (χ2n) is 5.74. The zero-order chi connectivity index (χ0) is 14.9. The van der Waals surface area contributed by atoms with E-state index in [-0.39, 0.29) is 5.91 Å². The van der Waals surface area contributed by atoms with Crippen LogP contribution in [0.1, 0.15) is 24.8 Å². The Morgan fingerprint density at radius 3 is 2.62 bits per heavy atom. The molecule has 1 fully saturated rings. The number of carbonyl (C=O) groups is 1. The Kier molecular flexibility index (Phi) is 3.55. The molecule has 110 valence electrons. The number of nitrogens with one attached hydrogen (secondary N) is 1. The molecule has 3 rings (SSSR count). The van der Waals surface area contributed by atoms with Gasteiger partial charge in [0, 0.05) is 6.54 Å². The monoisotopic (exact) mass is 284 g/mol. The van der Waals surface area contributed by atoms with E-state index in [0.717, 1.165) is 41.3 Å². The number of amides is 1. The molecule has 21 heavy (non-hydrogen) atoms. The van der Waals surface area contributed by atoms with Crippen LogP contribution < -0.4 is 15.8 Å². The van der Waals surface area contributed by atoms with Crippen LogP contribution in [0.5, 0.6) is 5.75 Å². The first-order valence-electron chi connectivity index (χ1n) is 7.25. The Balaban J connectivity index is 1.71. The molecular formula is C17H20N2O2. The van der Waals surface area contributed by atoms with Gasteiger partial charge in [-0.15, -0.1) is 0 Å². The highest BCUT2D eigenvalue weighted by Gasteiger charge is 2.39. The van der Waals surface area contributed by atoms with Gasteiger partial charge in [0.1, 0.15) is 5.75 Å². The molecule has 2 aromatic carbocycles. The van der Waals surface area contributed by atoms with Crippen molar-refractivity contribution in [3.63, 3.8) is 0 Å². The first-order valence-corrected chi connectivity index (χ1v) is 7.25. The summed E-state index contributed by atoms with van der Waals surface area (Å²) in [4.78, 5) is 12.0. The Morgan fingerprint density at radius 1 is 1.24 bits per heavy atom. The molecule has 1 saturated carbocycles. The van der Waals surface area contributed by atoms with Crippen LogP contribution in [-0.4, -0.2) is 18.6 Å². The van der Waals surface area contributed by atoms with Crippen molar-refractivity contribution in [2.24, 2.45) is 5.73 Å². The van der Waals surface area contributed by atoms with E-state index in [1.807, 2.05) is 30.3 Å². The fourth-order valence-electron chi connectivity index (χ4n) is 2.65. The van der Waals surface area contributed by atoms with E-state index < -0.39 is 5.54 Å². The fourth-order valence-corrected chi connectivity index (χ4v) is 2.65. The minimum absolute atomic E-state index is 0.0384. The maximum Gasteiger partial charge on any atom is 0.240 e. The molecule has 0 saturated heterocycles. The third kappa shape index (κ3) is 2.72. The Labute approximate surface area is 124 Å². The van der Waals surface area contributed by atoms with Gasteiger partial charge in [0.05, 0.1) is 12.6 Å². The highest BCUT2D eigenvalue weighted by Crippen LogP contribution is 2.29. The van der Waals surface area contributed by atoms with Gasteiger partial charge in [0.2, 0.25) is 5.91 Å². The van der Waals surface area contributed by atoms with Gasteiger partial charge in [-0.2, -0.15) is 0 Å². The van der Waals surface area contributed by atoms with E-state index in [4.69, 9.17) is 10.5 Å². The number of hydrogen-bond acceptors (Lipinski definition) is 3. The molecule has 0 aliphatic heterocycles. The van der Waals surface area contributed by atoms with Crippen LogP contribution in [0, 0.1) is 0 Å². The molecule has 0 atom stereocenters. The van der Waals surface area contributed by atoms with Crippen molar-refractivity contribution in [3.05, 3.63) is 42.0 Å². The summed E-state index contributed by atoms with van der Waals surface area (Å²) in [6.45, 7) is 0.514. The van der Waals surface area contributed by atoms with E-state index in [1.165, 1.54) is 0 Å². The van der Waals surface area contributed by atoms with Gasteiger partial charge >= 0.3 is 0 Å². The number of carbonyl (C=O) groups excluding carboxylic acids is 1. The van der Waals surface area contributed by atoms with E-state index >= 15 is 0 Å². The molecule has 0 aromatic heterocycles. The minimum atomic E-state index is -0.635. The average Bonchev–Trinajstić information content (AvgIpc) is 2.49. The number of fused-ring (bicyclic) bond motifs is 1. The topological polar surface area (TPSA) is 64.3 Å². The number of nitrogens with two attached hydrogens (primary N) is 1. The van der Waals surface area contributed by atoms with E-state index in [0.29, 0.717) is 6.54 Å². The Hall–Kier alpha value is -2.07. The molecule has 4 nitrogen and oxygen atoms in total. The summed E-state index contributed by atoms with van der Waals surface area (Å²) >= 11 is 0. The quantitative estimate of drug-likeness (QED) is 0.905. The van der Waals surface area contributed by atoms with Crippen molar-refractivity contribution < 1.29 is 9.53 Å².